The zero-order valence-corrected chi connectivity index (χ0v) is 35.2. The van der Waals surface area contributed by atoms with Gasteiger partial charge in [0.15, 0.2) is 0 Å². The maximum atomic E-state index is 15.4. The van der Waals surface area contributed by atoms with Crippen molar-refractivity contribution in [3.63, 3.8) is 0 Å². The van der Waals surface area contributed by atoms with Gasteiger partial charge in [-0.1, -0.05) is 6.92 Å². The van der Waals surface area contributed by atoms with E-state index in [4.69, 9.17) is 9.72 Å². The van der Waals surface area contributed by atoms with E-state index in [1.54, 1.807) is 23.0 Å². The van der Waals surface area contributed by atoms with Crippen LogP contribution in [0.3, 0.4) is 0 Å². The summed E-state index contributed by atoms with van der Waals surface area (Å²) in [6.45, 7) is 8.43. The Morgan fingerprint density at radius 2 is 1.71 bits per heavy atom. The first-order valence-electron chi connectivity index (χ1n) is 21.6. The number of piperidine rings is 2. The number of ether oxygens (including phenoxy) is 1. The van der Waals surface area contributed by atoms with Gasteiger partial charge in [0.25, 0.3) is 5.91 Å². The van der Waals surface area contributed by atoms with Crippen LogP contribution in [-0.2, 0) is 16.6 Å². The number of aryl methyl sites for hydroxylation is 2. The van der Waals surface area contributed by atoms with Crippen molar-refractivity contribution in [1.82, 2.24) is 25.0 Å². The Hall–Kier alpha value is -5.94. The number of nitrogens with one attached hydrogen (secondary N) is 2. The highest BCUT2D eigenvalue weighted by Gasteiger charge is 2.36. The lowest BCUT2D eigenvalue weighted by atomic mass is 9.89. The maximum Gasteiger partial charge on any atom is 0.280 e. The molecule has 3 saturated heterocycles. The normalized spacial score (nSPS) is 23.6. The molecule has 5 aliphatic heterocycles. The van der Waals surface area contributed by atoms with Crippen LogP contribution < -0.4 is 30.1 Å². The van der Waals surface area contributed by atoms with Crippen LogP contribution in [0.4, 0.5) is 31.5 Å². The van der Waals surface area contributed by atoms with E-state index in [-0.39, 0.29) is 43.0 Å². The molecule has 0 spiro atoms. The molecule has 3 atom stereocenters. The molecular formula is C45H52F2N10O5. The van der Waals surface area contributed by atoms with Gasteiger partial charge in [-0.3, -0.25) is 29.6 Å². The van der Waals surface area contributed by atoms with Crippen molar-refractivity contribution >= 4 is 46.4 Å². The molecule has 0 aliphatic carbocycles. The van der Waals surface area contributed by atoms with Gasteiger partial charge in [0, 0.05) is 87.0 Å². The number of nitrogens with zero attached hydrogens (tertiary/aromatic N) is 8. The lowest BCUT2D eigenvalue weighted by Gasteiger charge is -2.47. The summed E-state index contributed by atoms with van der Waals surface area (Å²) in [7, 11) is 1.83. The molecule has 7 heterocycles. The number of imide groups is 1. The first-order chi connectivity index (χ1) is 29.9. The second-order valence-electron chi connectivity index (χ2n) is 17.2. The predicted molar refractivity (Wildman–Crippen MR) is 231 cm³/mol. The van der Waals surface area contributed by atoms with Crippen LogP contribution in [0.1, 0.15) is 73.0 Å². The monoisotopic (exact) mass is 850 g/mol. The standard InChI is InChI=1S/C45H52F2N10O5/c1-26-5-4-16-62-44-34(22-48-53(44)3)38-18-28(17-27(2)49-38)42(60)52-45-50-37-8-6-30(21-39(37)57(45)23-26)56-15-14-55(24-32(56)25-58)29-10-12-54(13-11-29)31-19-35(46)41(36(47)20-31)33-7-9-40(59)51-43(33)61/h6,8,17-22,26,29,32-33,58H,4-5,7,9-16,23-25H2,1-3H3,(H,50,52,60)(H,51,59,61)/t26-,32-,33-/m1/s1. The quantitative estimate of drug-likeness (QED) is 0.232. The van der Waals surface area contributed by atoms with E-state index in [9.17, 15) is 19.5 Å². The second kappa shape index (κ2) is 17.1. The Labute approximate surface area is 358 Å². The van der Waals surface area contributed by atoms with E-state index < -0.39 is 35.3 Å². The summed E-state index contributed by atoms with van der Waals surface area (Å²) in [6, 6.07) is 12.3. The highest BCUT2D eigenvalue weighted by molar-refractivity contribution is 6.19. The molecule has 17 heteroatoms. The molecule has 0 unspecified atom stereocenters. The number of hydrogen-bond donors (Lipinski definition) is 3. The molecule has 3 N–H and O–H groups in total. The molecule has 326 valence electrons. The third-order valence-electron chi connectivity index (χ3n) is 13.0. The number of fused-ring (bicyclic) bond motifs is 7. The van der Waals surface area contributed by atoms with Crippen molar-refractivity contribution in [2.24, 2.45) is 18.0 Å². The minimum absolute atomic E-state index is 0.0404. The summed E-state index contributed by atoms with van der Waals surface area (Å²) in [5.41, 5.74) is 5.27. The number of carbonyl (C=O) groups excluding carboxylic acids is 3. The van der Waals surface area contributed by atoms with Crippen molar-refractivity contribution in [1.29, 1.82) is 0 Å². The Morgan fingerprint density at radius 1 is 0.919 bits per heavy atom. The zero-order valence-electron chi connectivity index (χ0n) is 35.2. The Balaban J connectivity index is 0.888. The summed E-state index contributed by atoms with van der Waals surface area (Å²) >= 11 is 0. The number of amides is 3. The van der Waals surface area contributed by atoms with Gasteiger partial charge in [-0.2, -0.15) is 10.1 Å². The third kappa shape index (κ3) is 8.10. The molecule has 15 nitrogen and oxygen atoms in total. The fourth-order valence-electron chi connectivity index (χ4n) is 9.72. The molecule has 2 bridgehead atoms. The number of aliphatic imine (C=N–C) groups is 1. The topological polar surface area (TPSA) is 161 Å². The van der Waals surface area contributed by atoms with Gasteiger partial charge in [-0.25, -0.2) is 13.5 Å². The van der Waals surface area contributed by atoms with Crippen LogP contribution in [0.2, 0.25) is 0 Å². The summed E-state index contributed by atoms with van der Waals surface area (Å²) in [4.78, 5) is 55.9. The predicted octanol–water partition coefficient (Wildman–Crippen LogP) is 4.98. The number of hydrogen-bond acceptors (Lipinski definition) is 12. The highest BCUT2D eigenvalue weighted by atomic mass is 19.1. The SMILES string of the molecule is Cc1cc2cc(n1)-c1cnn(C)c1OCCC[C@@H](C)CN1/C(=N/C2=O)Nc2ccc(N3CCN(C4CCN(c5cc(F)c([C@H]6CCC(=O)NC6=O)c(F)c5)CC4)C[C@@H]3CO)cc21. The number of piperazine rings is 1. The Morgan fingerprint density at radius 3 is 2.47 bits per heavy atom. The summed E-state index contributed by atoms with van der Waals surface area (Å²) in [6.07, 6.45) is 5.08. The second-order valence-corrected chi connectivity index (χ2v) is 17.2. The molecule has 5 aliphatic rings. The van der Waals surface area contributed by atoms with Gasteiger partial charge in [-0.05, 0) is 87.4 Å². The molecule has 3 amide bonds. The first-order valence-corrected chi connectivity index (χ1v) is 21.6. The number of aliphatic hydroxyl groups is 1. The van der Waals surface area contributed by atoms with Crippen molar-refractivity contribution in [2.75, 3.05) is 72.5 Å². The number of rotatable bonds is 5. The number of carbonyl (C=O) groups is 3. The number of guanidine groups is 1. The van der Waals surface area contributed by atoms with E-state index in [2.05, 4.69) is 48.4 Å². The van der Waals surface area contributed by atoms with Crippen LogP contribution in [0.5, 0.6) is 5.88 Å². The zero-order chi connectivity index (χ0) is 43.2. The van der Waals surface area contributed by atoms with E-state index in [0.29, 0.717) is 73.8 Å². The number of benzene rings is 2. The molecule has 0 radical (unpaired) electrons. The van der Waals surface area contributed by atoms with Crippen molar-refractivity contribution in [3.05, 3.63) is 77.1 Å². The highest BCUT2D eigenvalue weighted by Crippen LogP contribution is 2.39. The molecule has 3 fully saturated rings. The minimum atomic E-state index is -1.04. The van der Waals surface area contributed by atoms with Crippen LogP contribution in [-0.4, -0.2) is 113 Å². The van der Waals surface area contributed by atoms with Gasteiger partial charge < -0.3 is 29.9 Å². The lowest BCUT2D eigenvalue weighted by Crippen LogP contribution is -2.58. The van der Waals surface area contributed by atoms with Gasteiger partial charge in [0.05, 0.1) is 54.0 Å². The van der Waals surface area contributed by atoms with Crippen LogP contribution >= 0.6 is 0 Å². The minimum Gasteiger partial charge on any atom is -0.477 e. The van der Waals surface area contributed by atoms with E-state index in [0.717, 1.165) is 54.9 Å². The fourth-order valence-corrected chi connectivity index (χ4v) is 9.72. The van der Waals surface area contributed by atoms with Gasteiger partial charge in [-0.15, -0.1) is 0 Å². The van der Waals surface area contributed by atoms with E-state index in [1.165, 1.54) is 12.1 Å². The summed E-state index contributed by atoms with van der Waals surface area (Å²) < 4.78 is 38.6. The van der Waals surface area contributed by atoms with Crippen LogP contribution in [0.25, 0.3) is 11.3 Å². The lowest BCUT2D eigenvalue weighted by molar-refractivity contribution is -0.134. The third-order valence-corrected chi connectivity index (χ3v) is 13.0. The summed E-state index contributed by atoms with van der Waals surface area (Å²) in [5, 5.41) is 20.8. The Bertz CT molecular complexity index is 2410. The van der Waals surface area contributed by atoms with E-state index in [1.807, 2.05) is 31.0 Å². The number of pyridine rings is 1. The van der Waals surface area contributed by atoms with Crippen molar-refractivity contribution in [3.8, 4) is 17.1 Å². The Kier molecular flexibility index (Phi) is 11.4. The van der Waals surface area contributed by atoms with Gasteiger partial charge >= 0.3 is 0 Å². The number of halogens is 2. The molecule has 9 rings (SSSR count). The van der Waals surface area contributed by atoms with Gasteiger partial charge in [0.2, 0.25) is 23.7 Å². The van der Waals surface area contributed by atoms with Gasteiger partial charge in [0.1, 0.15) is 11.6 Å². The number of anilines is 4. The summed E-state index contributed by atoms with van der Waals surface area (Å²) in [5.74, 6) is -2.79. The fraction of sp³-hybridized carbons (Fsp3) is 0.467. The molecular weight excluding hydrogens is 799 g/mol. The van der Waals surface area contributed by atoms with Crippen LogP contribution in [0, 0.1) is 24.5 Å². The first kappa shape index (κ1) is 41.4. The smallest absolute Gasteiger partial charge is 0.280 e. The molecule has 4 aromatic rings. The molecule has 62 heavy (non-hydrogen) atoms. The number of aliphatic hydroxyl groups excluding tert-OH is 1. The largest absolute Gasteiger partial charge is 0.477 e. The molecule has 2 aromatic carbocycles. The van der Waals surface area contributed by atoms with Crippen LogP contribution in [0.15, 0.2) is 53.7 Å². The maximum absolute atomic E-state index is 15.4. The molecule has 0 saturated carbocycles. The van der Waals surface area contributed by atoms with E-state index >= 15 is 8.78 Å². The average molecular weight is 851 g/mol. The number of aromatic nitrogens is 3. The average Bonchev–Trinajstić information content (AvgIpc) is 3.79. The van der Waals surface area contributed by atoms with Crippen molar-refractivity contribution < 1.29 is 33.0 Å². The van der Waals surface area contributed by atoms with Crippen molar-refractivity contribution in [2.45, 2.75) is 70.4 Å². The molecule has 2 aromatic heterocycles.